The van der Waals surface area contributed by atoms with Gasteiger partial charge in [0.2, 0.25) is 0 Å². The van der Waals surface area contributed by atoms with Crippen molar-refractivity contribution >= 4 is 57.7 Å². The predicted octanol–water partition coefficient (Wildman–Crippen LogP) is 3.84. The van der Waals surface area contributed by atoms with Gasteiger partial charge in [-0.15, -0.1) is 0 Å². The number of carboxylic acids is 1. The zero-order valence-corrected chi connectivity index (χ0v) is 20.8. The molecule has 0 aromatic carbocycles. The Morgan fingerprint density at radius 1 is 1.21 bits per heavy atom. The maximum Gasteiger partial charge on any atom is 0.303 e. The molecule has 4 heterocycles. The van der Waals surface area contributed by atoms with E-state index in [-0.39, 0.29) is 17.9 Å². The molecule has 2 aliphatic heterocycles. The molecule has 0 bridgehead atoms. The predicted molar refractivity (Wildman–Crippen MR) is 138 cm³/mol. The van der Waals surface area contributed by atoms with Crippen LogP contribution in [0.5, 0.6) is 0 Å². The maximum atomic E-state index is 13.5. The van der Waals surface area contributed by atoms with Gasteiger partial charge in [-0.05, 0) is 56.7 Å². The first-order valence-corrected chi connectivity index (χ1v) is 12.8. The number of carbonyl (C=O) groups is 2. The summed E-state index contributed by atoms with van der Waals surface area (Å²) < 4.78 is 2.00. The molecule has 1 N–H and O–H groups in total. The van der Waals surface area contributed by atoms with Gasteiger partial charge >= 0.3 is 5.97 Å². The van der Waals surface area contributed by atoms with Crippen molar-refractivity contribution in [3.8, 4) is 0 Å². The molecule has 34 heavy (non-hydrogen) atoms. The van der Waals surface area contributed by atoms with Gasteiger partial charge in [-0.1, -0.05) is 36.5 Å². The number of fused-ring (bicyclic) bond motifs is 1. The number of unbranched alkanes of at least 4 members (excludes halogenated alkanes) is 2. The molecule has 0 saturated carbocycles. The SMILES string of the molecule is Cc1cccn2c(=O)c(C=C3SC(=S)N(CCCCCC(=O)O)C3=O)c(N3CCCCC3)nc12. The average molecular weight is 501 g/mol. The summed E-state index contributed by atoms with van der Waals surface area (Å²) >= 11 is 6.64. The molecule has 0 radical (unpaired) electrons. The summed E-state index contributed by atoms with van der Waals surface area (Å²) in [4.78, 5) is 46.3. The van der Waals surface area contributed by atoms with E-state index < -0.39 is 5.97 Å². The van der Waals surface area contributed by atoms with Gasteiger partial charge in [0.05, 0.1) is 10.5 Å². The van der Waals surface area contributed by atoms with Crippen molar-refractivity contribution in [3.63, 3.8) is 0 Å². The topological polar surface area (TPSA) is 95.2 Å². The van der Waals surface area contributed by atoms with Crippen molar-refractivity contribution in [1.29, 1.82) is 0 Å². The average Bonchev–Trinajstić information content (AvgIpc) is 3.08. The van der Waals surface area contributed by atoms with Crippen LogP contribution in [-0.4, -0.2) is 55.2 Å². The minimum atomic E-state index is -0.816. The van der Waals surface area contributed by atoms with Crippen LogP contribution in [0, 0.1) is 6.92 Å². The number of carbonyl (C=O) groups excluding carboxylic acids is 1. The normalized spacial score (nSPS) is 17.9. The molecule has 2 aromatic rings. The number of aryl methyl sites for hydroxylation is 1. The highest BCUT2D eigenvalue weighted by Gasteiger charge is 2.32. The fourth-order valence-corrected chi connectivity index (χ4v) is 5.61. The zero-order chi connectivity index (χ0) is 24.2. The molecule has 1 amide bonds. The lowest BCUT2D eigenvalue weighted by molar-refractivity contribution is -0.137. The van der Waals surface area contributed by atoms with E-state index >= 15 is 0 Å². The van der Waals surface area contributed by atoms with Crippen LogP contribution < -0.4 is 10.5 Å². The first-order chi connectivity index (χ1) is 16.4. The Morgan fingerprint density at radius 2 is 1.97 bits per heavy atom. The van der Waals surface area contributed by atoms with Crippen LogP contribution in [-0.2, 0) is 9.59 Å². The van der Waals surface area contributed by atoms with E-state index in [4.69, 9.17) is 22.3 Å². The van der Waals surface area contributed by atoms with Gasteiger partial charge in [-0.3, -0.25) is 23.7 Å². The molecule has 0 spiro atoms. The van der Waals surface area contributed by atoms with Crippen LogP contribution in [0.1, 0.15) is 56.1 Å². The van der Waals surface area contributed by atoms with Gasteiger partial charge in [0.15, 0.2) is 0 Å². The largest absolute Gasteiger partial charge is 0.481 e. The van der Waals surface area contributed by atoms with Crippen LogP contribution >= 0.6 is 24.0 Å². The molecular formula is C24H28N4O4S2. The maximum absolute atomic E-state index is 13.5. The highest BCUT2D eigenvalue weighted by Crippen LogP contribution is 2.34. The van der Waals surface area contributed by atoms with Crippen molar-refractivity contribution in [1.82, 2.24) is 14.3 Å². The van der Waals surface area contributed by atoms with Crippen molar-refractivity contribution in [2.75, 3.05) is 24.5 Å². The molecule has 4 rings (SSSR count). The Balaban J connectivity index is 1.65. The Hall–Kier alpha value is -2.72. The minimum Gasteiger partial charge on any atom is -0.481 e. The van der Waals surface area contributed by atoms with Crippen LogP contribution in [0.3, 0.4) is 0 Å². The second-order valence-corrected chi connectivity index (χ2v) is 10.3. The Bertz CT molecular complexity index is 1220. The van der Waals surface area contributed by atoms with Gasteiger partial charge in [0.1, 0.15) is 15.8 Å². The smallest absolute Gasteiger partial charge is 0.303 e. The summed E-state index contributed by atoms with van der Waals surface area (Å²) in [5.74, 6) is -0.409. The molecule has 8 nitrogen and oxygen atoms in total. The Morgan fingerprint density at radius 3 is 2.71 bits per heavy atom. The zero-order valence-electron chi connectivity index (χ0n) is 19.2. The molecule has 2 saturated heterocycles. The lowest BCUT2D eigenvalue weighted by Gasteiger charge is -2.29. The van der Waals surface area contributed by atoms with Crippen molar-refractivity contribution < 1.29 is 14.7 Å². The number of aliphatic carboxylic acids is 1. The molecule has 2 aliphatic rings. The van der Waals surface area contributed by atoms with Gasteiger partial charge in [-0.25, -0.2) is 4.98 Å². The summed E-state index contributed by atoms with van der Waals surface area (Å²) in [6.07, 6.45) is 8.66. The standard InChI is InChI=1S/C24H28N4O4S2/c1-16-9-8-14-27-20(16)25-21(26-11-5-3-6-12-26)17(22(27)31)15-18-23(32)28(24(33)34-18)13-7-2-4-10-19(29)30/h8-9,14-15H,2-7,10-13H2,1H3,(H,29,30). The molecule has 2 fully saturated rings. The minimum absolute atomic E-state index is 0.121. The summed E-state index contributed by atoms with van der Waals surface area (Å²) in [6.45, 7) is 4.02. The summed E-state index contributed by atoms with van der Waals surface area (Å²) in [5.41, 5.74) is 1.75. The quantitative estimate of drug-likeness (QED) is 0.332. The van der Waals surface area contributed by atoms with E-state index in [9.17, 15) is 14.4 Å². The van der Waals surface area contributed by atoms with Crippen molar-refractivity contribution in [2.45, 2.75) is 51.9 Å². The number of hydrogen-bond acceptors (Lipinski definition) is 7. The third-order valence-electron chi connectivity index (χ3n) is 6.14. The fraction of sp³-hybridized carbons (Fsp3) is 0.458. The van der Waals surface area contributed by atoms with E-state index in [0.29, 0.717) is 52.1 Å². The number of carboxylic acid groups (broad SMARTS) is 1. The van der Waals surface area contributed by atoms with Crippen molar-refractivity contribution in [3.05, 3.63) is 44.7 Å². The second kappa shape index (κ2) is 10.7. The van der Waals surface area contributed by atoms with Crippen LogP contribution in [0.15, 0.2) is 28.0 Å². The molecule has 0 atom stereocenters. The van der Waals surface area contributed by atoms with E-state index in [1.807, 2.05) is 19.1 Å². The third kappa shape index (κ3) is 5.17. The van der Waals surface area contributed by atoms with Gasteiger partial charge < -0.3 is 10.0 Å². The number of thioether (sulfide) groups is 1. The number of pyridine rings is 1. The van der Waals surface area contributed by atoms with Crippen LogP contribution in [0.4, 0.5) is 5.82 Å². The number of aromatic nitrogens is 2. The first kappa shape index (κ1) is 24.4. The number of piperidine rings is 1. The number of thiocarbonyl (C=S) groups is 1. The molecule has 2 aromatic heterocycles. The number of amides is 1. The van der Waals surface area contributed by atoms with Gasteiger partial charge in [-0.2, -0.15) is 0 Å². The molecule has 0 aliphatic carbocycles. The fourth-order valence-electron chi connectivity index (χ4n) is 4.32. The number of nitrogens with zero attached hydrogens (tertiary/aromatic N) is 4. The Labute approximate surface area is 207 Å². The Kier molecular flexibility index (Phi) is 7.67. The van der Waals surface area contributed by atoms with E-state index in [2.05, 4.69) is 4.90 Å². The summed E-state index contributed by atoms with van der Waals surface area (Å²) in [5, 5.41) is 8.77. The summed E-state index contributed by atoms with van der Waals surface area (Å²) in [7, 11) is 0. The number of rotatable bonds is 8. The van der Waals surface area contributed by atoms with Crippen LogP contribution in [0.25, 0.3) is 11.7 Å². The lowest BCUT2D eigenvalue weighted by atomic mass is 10.1. The van der Waals surface area contributed by atoms with Gasteiger partial charge in [0, 0.05) is 32.3 Å². The third-order valence-corrected chi connectivity index (χ3v) is 7.52. The molecular weight excluding hydrogens is 472 g/mol. The van der Waals surface area contributed by atoms with Crippen molar-refractivity contribution in [2.24, 2.45) is 0 Å². The highest BCUT2D eigenvalue weighted by atomic mass is 32.2. The van der Waals surface area contributed by atoms with E-state index in [1.54, 1.807) is 17.2 Å². The molecule has 0 unspecified atom stereocenters. The molecule has 180 valence electrons. The first-order valence-electron chi connectivity index (χ1n) is 11.6. The number of hydrogen-bond donors (Lipinski definition) is 1. The van der Waals surface area contributed by atoms with Crippen LogP contribution in [0.2, 0.25) is 0 Å². The van der Waals surface area contributed by atoms with E-state index in [1.165, 1.54) is 16.2 Å². The molecule has 10 heteroatoms. The summed E-state index contributed by atoms with van der Waals surface area (Å²) in [6, 6.07) is 3.75. The highest BCUT2D eigenvalue weighted by molar-refractivity contribution is 8.26. The van der Waals surface area contributed by atoms with E-state index in [0.717, 1.165) is 37.9 Å². The lowest BCUT2D eigenvalue weighted by Crippen LogP contribution is -2.34. The monoisotopic (exact) mass is 500 g/mol. The number of anilines is 1. The van der Waals surface area contributed by atoms with Gasteiger partial charge in [0.25, 0.3) is 11.5 Å². The second-order valence-electron chi connectivity index (χ2n) is 8.62.